The van der Waals surface area contributed by atoms with E-state index in [-0.39, 0.29) is 31.0 Å². The maximum atomic E-state index is 15.7. The number of aromatic hydroxyl groups is 1. The first-order valence-electron chi connectivity index (χ1n) is 12.0. The quantitative estimate of drug-likeness (QED) is 0.416. The summed E-state index contributed by atoms with van der Waals surface area (Å²) >= 11 is 0. The van der Waals surface area contributed by atoms with Gasteiger partial charge in [-0.3, -0.25) is 19.3 Å². The first-order chi connectivity index (χ1) is 18.5. The maximum Gasteiger partial charge on any atom is 0.278 e. The molecule has 0 radical (unpaired) electrons. The molecule has 190 valence electrons. The van der Waals surface area contributed by atoms with Crippen molar-refractivity contribution in [2.45, 2.75) is 12.2 Å². The maximum absolute atomic E-state index is 15.7. The van der Waals surface area contributed by atoms with E-state index >= 15 is 4.39 Å². The lowest BCUT2D eigenvalue weighted by Crippen LogP contribution is -2.66. The van der Waals surface area contributed by atoms with E-state index in [1.807, 2.05) is 24.3 Å². The van der Waals surface area contributed by atoms with Crippen LogP contribution in [-0.4, -0.2) is 56.5 Å². The second-order valence-corrected chi connectivity index (χ2v) is 9.26. The van der Waals surface area contributed by atoms with E-state index in [4.69, 9.17) is 4.74 Å². The molecule has 1 fully saturated rings. The van der Waals surface area contributed by atoms with Crippen LogP contribution in [0.4, 0.5) is 8.78 Å². The van der Waals surface area contributed by atoms with E-state index in [1.165, 1.54) is 34.4 Å². The first kappa shape index (κ1) is 22.5. The molecule has 2 aromatic carbocycles. The van der Waals surface area contributed by atoms with E-state index in [0.717, 1.165) is 12.1 Å². The van der Waals surface area contributed by atoms with Gasteiger partial charge in [-0.05, 0) is 17.2 Å². The van der Waals surface area contributed by atoms with E-state index < -0.39 is 40.9 Å². The van der Waals surface area contributed by atoms with Gasteiger partial charge in [0.15, 0.2) is 23.1 Å². The number of fused-ring (bicyclic) bond motifs is 7. The highest BCUT2D eigenvalue weighted by atomic mass is 19.2. The van der Waals surface area contributed by atoms with Gasteiger partial charge in [-0.15, -0.1) is 0 Å². The number of carbonyl (C=O) groups is 1. The third kappa shape index (κ3) is 2.99. The zero-order chi connectivity index (χ0) is 26.1. The lowest BCUT2D eigenvalue weighted by atomic mass is 9.92. The molecule has 1 aliphatic carbocycles. The predicted octanol–water partition coefficient (Wildman–Crippen LogP) is 2.81. The second kappa shape index (κ2) is 8.18. The Morgan fingerprint density at radius 3 is 2.74 bits per heavy atom. The summed E-state index contributed by atoms with van der Waals surface area (Å²) in [6.45, 7) is 0.600. The van der Waals surface area contributed by atoms with Crippen molar-refractivity contribution in [1.82, 2.24) is 19.5 Å². The number of hydrogen-bond donors (Lipinski definition) is 1. The van der Waals surface area contributed by atoms with Crippen LogP contribution < -0.4 is 10.4 Å². The van der Waals surface area contributed by atoms with E-state index in [1.54, 1.807) is 5.01 Å². The highest BCUT2D eigenvalue weighted by Crippen LogP contribution is 2.48. The first-order valence-corrected chi connectivity index (χ1v) is 12.0. The third-order valence-corrected chi connectivity index (χ3v) is 7.35. The number of carbonyl (C=O) groups excluding carboxylic acids is 1. The molecule has 1 saturated heterocycles. The van der Waals surface area contributed by atoms with Crippen molar-refractivity contribution in [2.24, 2.45) is 0 Å². The van der Waals surface area contributed by atoms with Gasteiger partial charge in [0.25, 0.3) is 5.91 Å². The molecule has 11 heteroatoms. The number of halogens is 2. The molecule has 1 amide bonds. The van der Waals surface area contributed by atoms with Crippen LogP contribution in [0.5, 0.6) is 5.75 Å². The van der Waals surface area contributed by atoms with Crippen LogP contribution in [0, 0.1) is 11.6 Å². The molecule has 2 unspecified atom stereocenters. The largest absolute Gasteiger partial charge is 0.502 e. The van der Waals surface area contributed by atoms with Crippen LogP contribution in [0.15, 0.2) is 66.0 Å². The van der Waals surface area contributed by atoms with Crippen molar-refractivity contribution in [1.29, 1.82) is 0 Å². The summed E-state index contributed by atoms with van der Waals surface area (Å²) < 4.78 is 37.6. The number of pyridine rings is 1. The lowest BCUT2D eigenvalue weighted by molar-refractivity contribution is -0.0196. The zero-order valence-corrected chi connectivity index (χ0v) is 19.7. The number of amides is 1. The number of rotatable bonds is 1. The average Bonchev–Trinajstić information content (AvgIpc) is 3.06. The normalized spacial score (nSPS) is 19.6. The van der Waals surface area contributed by atoms with Crippen molar-refractivity contribution in [2.75, 3.05) is 24.8 Å². The smallest absolute Gasteiger partial charge is 0.278 e. The summed E-state index contributed by atoms with van der Waals surface area (Å²) in [6, 6.07) is 10.3. The van der Waals surface area contributed by atoms with Crippen LogP contribution in [-0.2, 0) is 4.74 Å². The molecule has 2 atom stereocenters. The lowest BCUT2D eigenvalue weighted by Gasteiger charge is -2.51. The van der Waals surface area contributed by atoms with Crippen molar-refractivity contribution in [3.8, 4) is 28.1 Å². The Bertz CT molecular complexity index is 1710. The third-order valence-electron chi connectivity index (χ3n) is 7.35. The van der Waals surface area contributed by atoms with Gasteiger partial charge in [0.05, 0.1) is 24.9 Å². The minimum atomic E-state index is -1.05. The Kier molecular flexibility index (Phi) is 4.86. The summed E-state index contributed by atoms with van der Waals surface area (Å²) in [4.78, 5) is 35.9. The molecule has 9 nitrogen and oxygen atoms in total. The standard InChI is InChI=1S/C27H19F2N5O4/c28-18-6-5-16-21(22(18)29)17-11-30-13-31-23(17)14-3-1-2-4-15(14)24(16)34-20-12-38-10-9-32(20)27(37)25-26(36)19(35)7-8-33(25)34/h1-8,11,13,20,24,36H,9-10,12H2. The number of ether oxygens (including phenoxy) is 1. The van der Waals surface area contributed by atoms with Gasteiger partial charge in [-0.25, -0.2) is 18.7 Å². The SMILES string of the molecule is O=C1c2c(O)c(=O)ccn2N(C2c3ccccc3-c3ncncc3-c3c2ccc(F)c3F)C2COCCN12. The van der Waals surface area contributed by atoms with Crippen LogP contribution in [0.2, 0.25) is 0 Å². The second-order valence-electron chi connectivity index (χ2n) is 9.26. The summed E-state index contributed by atoms with van der Waals surface area (Å²) in [5.74, 6) is -3.29. The Hall–Kier alpha value is -4.64. The minimum absolute atomic E-state index is 0.00575. The Morgan fingerprint density at radius 1 is 1.03 bits per heavy atom. The topological polar surface area (TPSA) is 101 Å². The van der Waals surface area contributed by atoms with Crippen molar-refractivity contribution < 1.29 is 23.4 Å². The number of nitrogens with zero attached hydrogens (tertiary/aromatic N) is 5. The number of benzene rings is 2. The number of morpholine rings is 1. The minimum Gasteiger partial charge on any atom is -0.502 e. The van der Waals surface area contributed by atoms with Gasteiger partial charge in [0.2, 0.25) is 5.43 Å². The number of hydrogen-bond acceptors (Lipinski definition) is 7. The van der Waals surface area contributed by atoms with E-state index in [2.05, 4.69) is 9.97 Å². The number of aromatic nitrogens is 3. The molecule has 3 aliphatic rings. The Labute approximate surface area is 214 Å². The molecular weight excluding hydrogens is 496 g/mol. The summed E-state index contributed by atoms with van der Waals surface area (Å²) in [5, 5.41) is 12.5. The highest BCUT2D eigenvalue weighted by molar-refractivity contribution is 5.97. The van der Waals surface area contributed by atoms with Gasteiger partial charge in [-0.2, -0.15) is 0 Å². The summed E-state index contributed by atoms with van der Waals surface area (Å²) in [6.07, 6.45) is 3.52. The van der Waals surface area contributed by atoms with Crippen molar-refractivity contribution in [3.05, 3.63) is 99.9 Å². The van der Waals surface area contributed by atoms with E-state index in [9.17, 15) is 19.1 Å². The molecule has 4 aromatic rings. The molecular formula is C27H19F2N5O4. The fraction of sp³-hybridized carbons (Fsp3) is 0.185. The highest BCUT2D eigenvalue weighted by Gasteiger charge is 2.46. The van der Waals surface area contributed by atoms with Crippen LogP contribution in [0.25, 0.3) is 22.4 Å². The van der Waals surface area contributed by atoms with Crippen LogP contribution >= 0.6 is 0 Å². The molecule has 1 N–H and O–H groups in total. The zero-order valence-electron chi connectivity index (χ0n) is 19.7. The molecule has 7 rings (SSSR count). The van der Waals surface area contributed by atoms with E-state index in [0.29, 0.717) is 27.9 Å². The summed E-state index contributed by atoms with van der Waals surface area (Å²) in [5.41, 5.74) is 1.59. The van der Waals surface area contributed by atoms with Crippen molar-refractivity contribution in [3.63, 3.8) is 0 Å². The van der Waals surface area contributed by atoms with Gasteiger partial charge >= 0.3 is 0 Å². The fourth-order valence-corrected chi connectivity index (χ4v) is 5.73. The predicted molar refractivity (Wildman–Crippen MR) is 131 cm³/mol. The molecule has 0 saturated carbocycles. The molecule has 0 spiro atoms. The molecule has 38 heavy (non-hydrogen) atoms. The average molecular weight is 515 g/mol. The fourth-order valence-electron chi connectivity index (χ4n) is 5.73. The van der Waals surface area contributed by atoms with Crippen LogP contribution in [0.1, 0.15) is 27.7 Å². The van der Waals surface area contributed by atoms with Gasteiger partial charge in [0.1, 0.15) is 12.5 Å². The van der Waals surface area contributed by atoms with Crippen molar-refractivity contribution >= 4 is 5.91 Å². The van der Waals surface area contributed by atoms with Gasteiger partial charge in [0, 0.05) is 41.7 Å². The molecule has 2 aromatic heterocycles. The monoisotopic (exact) mass is 515 g/mol. The summed E-state index contributed by atoms with van der Waals surface area (Å²) in [7, 11) is 0. The Balaban J connectivity index is 1.60. The molecule has 4 heterocycles. The Morgan fingerprint density at radius 2 is 1.87 bits per heavy atom. The van der Waals surface area contributed by atoms with Crippen LogP contribution in [0.3, 0.4) is 0 Å². The van der Waals surface area contributed by atoms with Gasteiger partial charge in [-0.1, -0.05) is 30.3 Å². The van der Waals surface area contributed by atoms with Gasteiger partial charge < -0.3 is 14.7 Å². The molecule has 0 bridgehead atoms. The molecule has 2 aliphatic heterocycles.